The Bertz CT molecular complexity index is 2290. The van der Waals surface area contributed by atoms with Gasteiger partial charge in [0.15, 0.2) is 0 Å². The van der Waals surface area contributed by atoms with E-state index in [0.717, 1.165) is 24.0 Å². The maximum absolute atomic E-state index is 12.4. The van der Waals surface area contributed by atoms with Crippen LogP contribution in [0.5, 0.6) is 0 Å². The number of hydrogen-bond acceptors (Lipinski definition) is 7. The van der Waals surface area contributed by atoms with Crippen LogP contribution in [0, 0.1) is 5.92 Å². The van der Waals surface area contributed by atoms with Gasteiger partial charge in [0.2, 0.25) is 11.8 Å². The second-order valence-electron chi connectivity index (χ2n) is 17.5. The van der Waals surface area contributed by atoms with E-state index in [4.69, 9.17) is 9.47 Å². The van der Waals surface area contributed by atoms with E-state index < -0.39 is 24.2 Å². The van der Waals surface area contributed by atoms with Gasteiger partial charge < -0.3 is 14.6 Å². The number of amides is 4. The fourth-order valence-corrected chi connectivity index (χ4v) is 686. The summed E-state index contributed by atoms with van der Waals surface area (Å²) in [5.74, 6) is -1.15. The Labute approximate surface area is 641 Å². The molecule has 0 aromatic heterocycles. The molecule has 2 aromatic rings. The fraction of sp³-hybridized carbons (Fsp3) is 0.448. The molecule has 2 aliphatic heterocycles. The lowest BCUT2D eigenvalue weighted by molar-refractivity contribution is -0.136. The molecule has 32 unspecified atom stereocenters. The van der Waals surface area contributed by atoms with Crippen molar-refractivity contribution in [1.82, 2.24) is 9.80 Å². The van der Waals surface area contributed by atoms with E-state index in [0.29, 0.717) is 32.3 Å². The van der Waals surface area contributed by atoms with E-state index >= 15 is 0 Å². The molecular weight excluding hydrogens is 2130 g/mol. The molecule has 4 rings (SSSR count). The Morgan fingerprint density at radius 3 is 0.989 bits per heavy atom. The molecule has 9 nitrogen and oxygen atoms in total. The number of aliphatic hydroxyl groups excluding tert-OH is 1. The standard InChI is InChI=1S/C16H21NO4.C13H15NO3.H29P27.H28P26/c1-3-14(18)11(2)15(19)17-13(10-21-16(17)20)9-12-7-5-4-6-8-12;1-2-12(15)14-11(9-17-13(14)16)8-10-6-4-3-5-7-10;1-15-22(14)26(23(16(2)3)17(4)5)27(24(18(6)7)19(8)9)25(20(10)11)21(12)13;1-15(2)22(16(3)4)25(21(13)14)26(23(17(5)6)18(7)8)24(19(9)10)20(11)12/h4-8,11,13-14,18H,3,9-10H2,1-2H3;3-7,11H,2,8-9H2,1H3;15H,1-14H2;1-14H2/t11-,13-,14+;11-;;/m11../s1. The highest BCUT2D eigenvalue weighted by Gasteiger charge is 2.50. The molecule has 4 amide bonds. The lowest BCUT2D eigenvalue weighted by Crippen LogP contribution is -2.45. The molecule has 91 heavy (non-hydrogen) atoms. The lowest BCUT2D eigenvalue weighted by atomic mass is 9.99. The Morgan fingerprint density at radius 1 is 0.451 bits per heavy atom. The summed E-state index contributed by atoms with van der Waals surface area (Å²) in [4.78, 5) is 49.8. The zero-order valence-corrected chi connectivity index (χ0v) is 104. The van der Waals surface area contributed by atoms with Crippen LogP contribution in [0.3, 0.4) is 0 Å². The van der Waals surface area contributed by atoms with Gasteiger partial charge in [0.25, 0.3) is 0 Å². The first-order valence-electron chi connectivity index (χ1n) is 24.9. The summed E-state index contributed by atoms with van der Waals surface area (Å²) in [5, 5.41) is 9.82. The molecule has 0 saturated carbocycles. The summed E-state index contributed by atoms with van der Waals surface area (Å²) < 4.78 is 9.96. The summed E-state index contributed by atoms with van der Waals surface area (Å²) in [6.07, 6.45) is 0.127. The minimum atomic E-state index is -0.747. The molecule has 62 heteroatoms. The zero-order valence-electron chi connectivity index (χ0n) is 49.5. The van der Waals surface area contributed by atoms with Crippen LogP contribution in [-0.2, 0) is 31.9 Å². The summed E-state index contributed by atoms with van der Waals surface area (Å²) in [7, 11) is 91.9. The summed E-state index contributed by atoms with van der Waals surface area (Å²) >= 11 is 0. The van der Waals surface area contributed by atoms with Crippen molar-refractivity contribution >= 4 is 450 Å². The van der Waals surface area contributed by atoms with Crippen LogP contribution in [0.1, 0.15) is 44.7 Å². The predicted octanol–water partition coefficient (Wildman–Crippen LogP) is 34.4. The summed E-state index contributed by atoms with van der Waals surface area (Å²) in [5.41, 5.74) is 2.15. The average molecular weight is 2220 g/mol. The van der Waals surface area contributed by atoms with Crippen molar-refractivity contribution in [3.05, 3.63) is 71.8 Å². The van der Waals surface area contributed by atoms with Crippen LogP contribution in [0.2, 0.25) is 0 Å². The van der Waals surface area contributed by atoms with Crippen molar-refractivity contribution in [3.63, 3.8) is 0 Å². The molecule has 2 saturated heterocycles. The van der Waals surface area contributed by atoms with Crippen LogP contribution < -0.4 is 0 Å². The third kappa shape index (κ3) is 39.0. The van der Waals surface area contributed by atoms with Gasteiger partial charge in [0.05, 0.1) is 24.1 Å². The SMILES string of the molecule is CCC(=O)N1C(=O)OC[C@H]1Cc1ccccc1.CC[C@H](O)[C@@H](C)C(=O)N1C(=O)OC[C@H]1Cc1ccccc1.PP(P)P(P(P)P)P(P(P)P)P(P(P(P)P)P(P)P)P(P(P)P)P(P)P.PPP(P)P(P(P(P)P)P(P)P)P(P(P(P)P)P(P)P)P(P(P)P)P(P)P. The number of carbonyl (C=O) groups is 4. The fourth-order valence-electron chi connectivity index (χ4n) is 7.28. The second kappa shape index (κ2) is 59.7. The van der Waals surface area contributed by atoms with E-state index in [1.54, 1.807) is 20.8 Å². The normalized spacial score (nSPS) is 17.6. The maximum atomic E-state index is 12.4. The van der Waals surface area contributed by atoms with Gasteiger partial charge in [-0.1, -0.05) is 89.4 Å². The lowest BCUT2D eigenvalue weighted by Gasteiger charge is -2.50. The molecule has 2 aliphatic rings. The largest absolute Gasteiger partial charge is 0.447 e. The molecule has 1 N–H and O–H groups in total. The number of ether oxygens (including phenoxy) is 2. The van der Waals surface area contributed by atoms with Crippen molar-refractivity contribution in [3.8, 4) is 0 Å². The third-order valence-corrected chi connectivity index (χ3v) is 354. The number of nitrogens with zero attached hydrogens (tertiary/aromatic N) is 2. The molecule has 2 heterocycles. The molecule has 0 aliphatic carbocycles. The highest BCUT2D eigenvalue weighted by Crippen LogP contribution is 3.38. The van der Waals surface area contributed by atoms with Gasteiger partial charge in [-0.15, -0.1) is 250 Å². The topological polar surface area (TPSA) is 113 Å². The van der Waals surface area contributed by atoms with Gasteiger partial charge in [0.1, 0.15) is 13.2 Å². The van der Waals surface area contributed by atoms with E-state index in [1.807, 2.05) is 60.7 Å². The molecular formula is C29H93N2O7P53. The van der Waals surface area contributed by atoms with Gasteiger partial charge in [-0.2, -0.15) is 0 Å². The van der Waals surface area contributed by atoms with Gasteiger partial charge in [-0.25, -0.2) is 19.4 Å². The van der Waals surface area contributed by atoms with Crippen LogP contribution in [0.15, 0.2) is 60.7 Å². The first kappa shape index (κ1) is 108. The van der Waals surface area contributed by atoms with Gasteiger partial charge in [-0.3, -0.25) is 9.59 Å². The third-order valence-electron chi connectivity index (χ3n) is 11.0. The van der Waals surface area contributed by atoms with Crippen molar-refractivity contribution in [2.45, 2.75) is 64.6 Å². The minimum Gasteiger partial charge on any atom is -0.447 e. The maximum Gasteiger partial charge on any atom is 0.416 e. The molecule has 526 valence electrons. The molecule has 0 radical (unpaired) electrons. The smallest absolute Gasteiger partial charge is 0.416 e. The Kier molecular flexibility index (Phi) is 70.9. The number of rotatable bonds is 31. The monoisotopic (exact) mass is 2220 g/mol. The molecule has 36 atom stereocenters. The van der Waals surface area contributed by atoms with E-state index in [-0.39, 0.29) is 198 Å². The molecule has 0 bridgehead atoms. The van der Waals surface area contributed by atoms with Crippen molar-refractivity contribution in [1.29, 1.82) is 0 Å². The predicted molar refractivity (Wildman–Crippen MR) is 586 cm³/mol. The van der Waals surface area contributed by atoms with Crippen molar-refractivity contribution < 1.29 is 33.8 Å². The van der Waals surface area contributed by atoms with Gasteiger partial charge in [0, 0.05) is 6.42 Å². The molecule has 2 fully saturated rings. The van der Waals surface area contributed by atoms with Gasteiger partial charge >= 0.3 is 12.2 Å². The quantitative estimate of drug-likeness (QED) is 0.0748. The van der Waals surface area contributed by atoms with E-state index in [1.165, 1.54) is 4.90 Å². The zero-order chi connectivity index (χ0) is 70.2. The first-order valence-corrected chi connectivity index (χ1v) is 120. The molecule has 2 aromatic carbocycles. The number of cyclic esters (lactones) is 2. The van der Waals surface area contributed by atoms with Gasteiger partial charge in [-0.05, 0) is 198 Å². The van der Waals surface area contributed by atoms with Crippen LogP contribution in [-0.4, -0.2) is 70.3 Å². The average Bonchev–Trinajstić information content (AvgIpc) is 1.75. The van der Waals surface area contributed by atoms with Crippen LogP contribution >= 0.6 is 426 Å². The van der Waals surface area contributed by atoms with Crippen molar-refractivity contribution in [2.24, 2.45) is 5.92 Å². The number of benzene rings is 2. The Hall–Kier alpha value is 19.1. The number of aliphatic hydroxyl groups is 1. The number of hydrogen-bond donors (Lipinski definition) is 1. The first-order chi connectivity index (χ1) is 42.3. The molecule has 0 spiro atoms. The highest BCUT2D eigenvalue weighted by atomic mass is 33.5. The van der Waals surface area contributed by atoms with E-state index in [2.05, 4.69) is 250 Å². The highest BCUT2D eigenvalue weighted by molar-refractivity contribution is 9.43. The number of carbonyl (C=O) groups excluding carboxylic acids is 4. The minimum absolute atomic E-state index is 0.0165. The van der Waals surface area contributed by atoms with Crippen molar-refractivity contribution in [2.75, 3.05) is 13.2 Å². The number of imide groups is 2. The summed E-state index contributed by atoms with van der Waals surface area (Å²) in [6.45, 7) is 6.25. The van der Waals surface area contributed by atoms with E-state index in [9.17, 15) is 24.3 Å². The van der Waals surface area contributed by atoms with Crippen LogP contribution in [0.25, 0.3) is 0 Å². The van der Waals surface area contributed by atoms with Crippen LogP contribution in [0.4, 0.5) is 9.59 Å². The Morgan fingerprint density at radius 2 is 0.714 bits per heavy atom. The second-order valence-corrected chi connectivity index (χ2v) is 228. The Balaban J connectivity index is 0.000000614. The summed E-state index contributed by atoms with van der Waals surface area (Å²) in [6, 6.07) is 19.0.